The van der Waals surface area contributed by atoms with E-state index in [2.05, 4.69) is 13.8 Å². The van der Waals surface area contributed by atoms with E-state index in [0.29, 0.717) is 38.8 Å². The van der Waals surface area contributed by atoms with Gasteiger partial charge in [-0.05, 0) is 0 Å². The van der Waals surface area contributed by atoms with Gasteiger partial charge in [-0.1, -0.05) is 0 Å². The van der Waals surface area contributed by atoms with Crippen molar-refractivity contribution in [3.63, 3.8) is 0 Å². The number of carbonyl (C=O) groups is 2. The van der Waals surface area contributed by atoms with Crippen LogP contribution in [0.5, 0.6) is 0 Å². The number of carbonyl (C=O) groups excluding carboxylic acids is 2. The van der Waals surface area contributed by atoms with Crippen molar-refractivity contribution in [1.82, 2.24) is 0 Å². The van der Waals surface area contributed by atoms with E-state index in [4.69, 9.17) is 0 Å². The molecule has 6 rings (SSSR count). The Hall–Kier alpha value is -3.23. The molecule has 2 aromatic carbocycles. The number of nitrogens with zero attached hydrogens (tertiary/aromatic N) is 2. The van der Waals surface area contributed by atoms with Gasteiger partial charge in [0.2, 0.25) is 0 Å². The normalized spacial score (nSPS) is 19.2. The molecule has 2 amide bonds. The van der Waals surface area contributed by atoms with Gasteiger partial charge < -0.3 is 0 Å². The second-order valence-corrected chi connectivity index (χ2v) is 26.9. The molecule has 0 aromatic heterocycles. The van der Waals surface area contributed by atoms with Crippen LogP contribution < -0.4 is 17.5 Å². The summed E-state index contributed by atoms with van der Waals surface area (Å²) in [7, 11) is 0. The van der Waals surface area contributed by atoms with Gasteiger partial charge in [0.25, 0.3) is 0 Å². The van der Waals surface area contributed by atoms with E-state index in [9.17, 15) is 0 Å². The number of hydrogen-bond donors (Lipinski definition) is 0. The summed E-state index contributed by atoms with van der Waals surface area (Å²) in [4.78, 5) is 33.5. The standard InChI is InChI=1S/2C23H34F2NO.2C5H5.Ti/c2*1-4-6-10-15-23(3,5-2)22(27)26(17-18-11-8-7-9-12-18)21-14-13-19(24)16-20(21)25;2*1-2-4-5-3-1;/h2*13-14,18H,4-12,15,17H2,1-3H3;2*1-5H;. The molecule has 2 aromatic rings. The van der Waals surface area contributed by atoms with Crippen LogP contribution in [0.4, 0.5) is 28.9 Å². The first-order chi connectivity index (χ1) is 31.3. The first-order valence-electron chi connectivity index (χ1n) is 25.6. The van der Waals surface area contributed by atoms with Gasteiger partial charge in [0.1, 0.15) is 0 Å². The number of halogens is 4. The van der Waals surface area contributed by atoms with Crippen LogP contribution in [0, 0.1) is 45.9 Å². The Balaban J connectivity index is 1.62. The minimum absolute atomic E-state index is 0.0177. The van der Waals surface area contributed by atoms with Gasteiger partial charge in [0, 0.05) is 0 Å². The van der Waals surface area contributed by atoms with Crippen molar-refractivity contribution in [3.05, 3.63) is 96.1 Å². The van der Waals surface area contributed by atoms with Crippen LogP contribution in [0.2, 0.25) is 8.45 Å². The summed E-state index contributed by atoms with van der Waals surface area (Å²) in [5.74, 6) is -3.64. The number of benzene rings is 2. The summed E-state index contributed by atoms with van der Waals surface area (Å²) < 4.78 is 70.5. The van der Waals surface area contributed by atoms with Crippen LogP contribution in [-0.4, -0.2) is 24.9 Å². The molecule has 4 nitrogen and oxygen atoms in total. The summed E-state index contributed by atoms with van der Waals surface area (Å²) in [5, 5.41) is 0. The van der Waals surface area contributed by atoms with Crippen molar-refractivity contribution in [1.29, 1.82) is 0 Å². The molecule has 4 aliphatic carbocycles. The summed E-state index contributed by atoms with van der Waals surface area (Å²) in [6.07, 6.45) is 32.5. The maximum absolute atomic E-state index is 18.7. The van der Waals surface area contributed by atoms with Crippen molar-refractivity contribution in [2.45, 2.75) is 178 Å². The average Bonchev–Trinajstić information content (AvgIpc) is 4.07. The molecule has 0 heterocycles. The summed E-state index contributed by atoms with van der Waals surface area (Å²) in [6.45, 7) is 12.8. The first-order valence-corrected chi connectivity index (χ1v) is 29.0. The molecule has 4 aliphatic rings. The number of hydrogen-bond acceptors (Lipinski definition) is 2. The van der Waals surface area contributed by atoms with E-state index in [1.165, 1.54) is 24.3 Å². The molecule has 2 unspecified atom stereocenters. The van der Waals surface area contributed by atoms with E-state index in [1.807, 2.05) is 52.0 Å². The molecule has 9 heteroatoms. The van der Waals surface area contributed by atoms with Crippen LogP contribution in [0.1, 0.15) is 170 Å². The van der Waals surface area contributed by atoms with E-state index < -0.39 is 59.1 Å². The molecule has 0 saturated heterocycles. The van der Waals surface area contributed by atoms with Crippen LogP contribution in [0.3, 0.4) is 0 Å². The number of unbranched alkanes of at least 4 members (excludes halogenated alkanes) is 4. The van der Waals surface area contributed by atoms with Gasteiger partial charge in [0.05, 0.1) is 0 Å². The fourth-order valence-corrected chi connectivity index (χ4v) is 20.4. The van der Waals surface area contributed by atoms with Gasteiger partial charge in [-0.15, -0.1) is 0 Å². The predicted molar refractivity (Wildman–Crippen MR) is 259 cm³/mol. The zero-order valence-corrected chi connectivity index (χ0v) is 42.1. The third-order valence-electron chi connectivity index (χ3n) is 16.2. The molecular weight excluding hydrogens is 856 g/mol. The van der Waals surface area contributed by atoms with Crippen molar-refractivity contribution >= 4 is 30.9 Å². The van der Waals surface area contributed by atoms with Gasteiger partial charge >= 0.3 is 395 Å². The third kappa shape index (κ3) is 10.9. The predicted octanol–water partition coefficient (Wildman–Crippen LogP) is 15.0. The Morgan fingerprint density at radius 1 is 0.554 bits per heavy atom. The van der Waals surface area contributed by atoms with Gasteiger partial charge in [0.15, 0.2) is 0 Å². The molecule has 0 spiro atoms. The first kappa shape index (κ1) is 51.2. The summed E-state index contributed by atoms with van der Waals surface area (Å²) in [6, 6.07) is 5.26. The van der Waals surface area contributed by atoms with Crippen molar-refractivity contribution < 1.29 is 43.7 Å². The fraction of sp³-hybridized carbons (Fsp3) is 0.607. The van der Waals surface area contributed by atoms with Crippen molar-refractivity contribution in [2.75, 3.05) is 22.9 Å². The Kier molecular flexibility index (Phi) is 18.3. The Labute approximate surface area is 392 Å². The Bertz CT molecular complexity index is 1900. The number of amides is 2. The number of anilines is 2. The van der Waals surface area contributed by atoms with E-state index in [0.717, 1.165) is 103 Å². The SMILES string of the molecule is CCCCCC(C)(CC)C(=O)N(CC1CCCCC1)c1ccc(F)[c]([Ti]([c]2c(F)ccc(N(CC3CCCCC3)C(=O)C(C)(CC)CCCCC)c2F)([CH]2C=CC=C2)[CH]2C=CC=C2)c1F. The molecule has 2 atom stereocenters. The van der Waals surface area contributed by atoms with Crippen molar-refractivity contribution in [2.24, 2.45) is 22.7 Å². The zero-order valence-electron chi connectivity index (χ0n) is 40.5. The van der Waals surface area contributed by atoms with Gasteiger partial charge in [-0.25, -0.2) is 0 Å². The van der Waals surface area contributed by atoms with Crippen LogP contribution in [0.15, 0.2) is 72.9 Å². The number of rotatable bonds is 22. The quantitative estimate of drug-likeness (QED) is 0.0670. The second-order valence-electron chi connectivity index (χ2n) is 20.6. The van der Waals surface area contributed by atoms with Gasteiger partial charge in [-0.2, -0.15) is 0 Å². The van der Waals surface area contributed by atoms with Crippen LogP contribution in [0.25, 0.3) is 0 Å². The van der Waals surface area contributed by atoms with Crippen LogP contribution in [-0.2, 0) is 26.2 Å². The summed E-state index contributed by atoms with van der Waals surface area (Å²) in [5.41, 5.74) is -1.62. The maximum atomic E-state index is 18.7. The van der Waals surface area contributed by atoms with E-state index in [-0.39, 0.29) is 42.8 Å². The van der Waals surface area contributed by atoms with E-state index >= 15 is 27.2 Å². The van der Waals surface area contributed by atoms with Gasteiger partial charge in [-0.3, -0.25) is 0 Å². The topological polar surface area (TPSA) is 40.6 Å². The third-order valence-corrected chi connectivity index (χ3v) is 24.7. The second kappa shape index (κ2) is 23.2. The summed E-state index contributed by atoms with van der Waals surface area (Å²) >= 11 is -5.32. The monoisotopic (exact) mass is 935 g/mol. The van der Waals surface area contributed by atoms with Crippen LogP contribution >= 0.6 is 0 Å². The molecule has 0 aliphatic heterocycles. The van der Waals surface area contributed by atoms with Crippen molar-refractivity contribution in [3.8, 4) is 0 Å². The fourth-order valence-electron chi connectivity index (χ4n) is 11.6. The zero-order chi connectivity index (χ0) is 46.8. The average molecular weight is 935 g/mol. The molecule has 2 fully saturated rings. The minimum atomic E-state index is -5.32. The number of allylic oxidation sites excluding steroid dienone is 8. The molecule has 0 N–H and O–H groups in total. The molecule has 0 radical (unpaired) electrons. The Morgan fingerprint density at radius 2 is 0.908 bits per heavy atom. The molecule has 0 bridgehead atoms. The molecular formula is C56H78F4N2O2Ti. The molecule has 65 heavy (non-hydrogen) atoms. The molecule has 356 valence electrons. The Morgan fingerprint density at radius 3 is 1.23 bits per heavy atom. The van der Waals surface area contributed by atoms with E-state index in [1.54, 1.807) is 34.1 Å². The molecule has 2 saturated carbocycles.